The molecule has 0 fully saturated rings. The van der Waals surface area contributed by atoms with Crippen LogP contribution in [0.5, 0.6) is 0 Å². The van der Waals surface area contributed by atoms with E-state index in [2.05, 4.69) is 5.32 Å². The Morgan fingerprint density at radius 2 is 1.97 bits per heavy atom. The molecule has 0 saturated heterocycles. The third kappa shape index (κ3) is 5.31. The van der Waals surface area contributed by atoms with Gasteiger partial charge in [-0.3, -0.25) is 9.59 Å². The van der Waals surface area contributed by atoms with Crippen LogP contribution in [0.4, 0.5) is 0 Å². The van der Waals surface area contributed by atoms with Gasteiger partial charge in [0.2, 0.25) is 0 Å². The fraction of sp³-hybridized carbons (Fsp3) is 0.480. The molecule has 33 heavy (non-hydrogen) atoms. The van der Waals surface area contributed by atoms with Gasteiger partial charge in [-0.15, -0.1) is 0 Å². The molecule has 0 aromatic heterocycles. The van der Waals surface area contributed by atoms with Gasteiger partial charge >= 0.3 is 11.9 Å². The van der Waals surface area contributed by atoms with E-state index in [9.17, 15) is 14.4 Å². The number of hydrogen-bond acceptors (Lipinski definition) is 7. The first-order chi connectivity index (χ1) is 15.8. The smallest absolute Gasteiger partial charge is 0.336 e. The van der Waals surface area contributed by atoms with Gasteiger partial charge in [0.15, 0.2) is 5.78 Å². The van der Waals surface area contributed by atoms with E-state index in [-0.39, 0.29) is 24.9 Å². The summed E-state index contributed by atoms with van der Waals surface area (Å²) < 4.78 is 15.8. The third-order valence-corrected chi connectivity index (χ3v) is 6.19. The molecule has 0 spiro atoms. The summed E-state index contributed by atoms with van der Waals surface area (Å²) in [5.74, 6) is -3.36. The lowest BCUT2D eigenvalue weighted by Gasteiger charge is -2.38. The number of esters is 2. The van der Waals surface area contributed by atoms with Gasteiger partial charge in [0, 0.05) is 34.5 Å². The maximum absolute atomic E-state index is 13.6. The van der Waals surface area contributed by atoms with Crippen molar-refractivity contribution in [3.05, 3.63) is 57.4 Å². The van der Waals surface area contributed by atoms with Crippen molar-refractivity contribution in [1.82, 2.24) is 5.32 Å². The van der Waals surface area contributed by atoms with Crippen molar-refractivity contribution in [3.63, 3.8) is 0 Å². The SMILES string of the molecule is CCCOCCOC(=O)C1=C(C)NC2=C(C(=O)[C@@H](C(=O)OC)[C@@H](C)C2)[C@@H]1c1cccc(Cl)c1. The number of allylic oxidation sites excluding steroid dienone is 3. The van der Waals surface area contributed by atoms with Crippen molar-refractivity contribution in [2.24, 2.45) is 11.8 Å². The maximum atomic E-state index is 13.6. The molecule has 0 unspecified atom stereocenters. The zero-order valence-electron chi connectivity index (χ0n) is 19.4. The molecule has 1 N–H and O–H groups in total. The van der Waals surface area contributed by atoms with Crippen molar-refractivity contribution < 1.29 is 28.6 Å². The lowest BCUT2D eigenvalue weighted by atomic mass is 9.69. The van der Waals surface area contributed by atoms with Gasteiger partial charge in [-0.05, 0) is 43.4 Å². The highest BCUT2D eigenvalue weighted by molar-refractivity contribution is 6.30. The summed E-state index contributed by atoms with van der Waals surface area (Å²) in [6.07, 6.45) is 1.35. The molecule has 1 aliphatic carbocycles. The molecule has 3 atom stereocenters. The molecule has 0 saturated carbocycles. The Balaban J connectivity index is 2.02. The van der Waals surface area contributed by atoms with E-state index < -0.39 is 23.8 Å². The minimum Gasteiger partial charge on any atom is -0.468 e. The van der Waals surface area contributed by atoms with Crippen LogP contribution >= 0.6 is 11.6 Å². The largest absolute Gasteiger partial charge is 0.468 e. The monoisotopic (exact) mass is 475 g/mol. The molecule has 1 aliphatic heterocycles. The minimum atomic E-state index is -0.935. The van der Waals surface area contributed by atoms with Crippen LogP contribution in [0.3, 0.4) is 0 Å². The standard InChI is InChI=1S/C25H30ClNO6/c1-5-9-32-10-11-33-25(30)20-15(3)27-18-12-14(2)19(24(29)31-4)23(28)22(18)21(20)16-7-6-8-17(26)13-16/h6-8,13-14,19,21,27H,5,9-12H2,1-4H3/t14-,19-,21+/m0/s1. The van der Waals surface area contributed by atoms with Crippen molar-refractivity contribution in [1.29, 1.82) is 0 Å². The van der Waals surface area contributed by atoms with Crippen LogP contribution in [0, 0.1) is 11.8 Å². The zero-order chi connectivity index (χ0) is 24.1. The third-order valence-electron chi connectivity index (χ3n) is 5.95. The van der Waals surface area contributed by atoms with E-state index in [4.69, 9.17) is 25.8 Å². The summed E-state index contributed by atoms with van der Waals surface area (Å²) in [6.45, 7) is 6.60. The van der Waals surface area contributed by atoms with Gasteiger partial charge in [0.05, 0.1) is 19.3 Å². The first kappa shape index (κ1) is 25.0. The molecule has 0 radical (unpaired) electrons. The van der Waals surface area contributed by atoms with Gasteiger partial charge < -0.3 is 19.5 Å². The van der Waals surface area contributed by atoms with Crippen LogP contribution in [0.2, 0.25) is 5.02 Å². The van der Waals surface area contributed by atoms with Crippen molar-refractivity contribution in [2.45, 2.75) is 39.5 Å². The topological polar surface area (TPSA) is 90.9 Å². The summed E-state index contributed by atoms with van der Waals surface area (Å²) in [4.78, 5) is 39.3. The second-order valence-corrected chi connectivity index (χ2v) is 8.78. The Morgan fingerprint density at radius 3 is 2.64 bits per heavy atom. The second-order valence-electron chi connectivity index (χ2n) is 8.34. The molecule has 0 bridgehead atoms. The summed E-state index contributed by atoms with van der Waals surface area (Å²) in [5.41, 5.74) is 2.69. The maximum Gasteiger partial charge on any atom is 0.336 e. The molecule has 0 amide bonds. The number of ketones is 1. The van der Waals surface area contributed by atoms with E-state index in [0.717, 1.165) is 6.42 Å². The van der Waals surface area contributed by atoms with Gasteiger partial charge in [-0.25, -0.2) is 4.79 Å². The fourth-order valence-corrected chi connectivity index (χ4v) is 4.69. The Kier molecular flexibility index (Phi) is 8.32. The van der Waals surface area contributed by atoms with Gasteiger partial charge in [0.25, 0.3) is 0 Å². The lowest BCUT2D eigenvalue weighted by molar-refractivity contribution is -0.151. The number of Topliss-reactive ketones (excluding diaryl/α,β-unsaturated/α-hetero) is 1. The van der Waals surface area contributed by atoms with E-state index in [1.54, 1.807) is 25.1 Å². The number of ether oxygens (including phenoxy) is 3. The summed E-state index contributed by atoms with van der Waals surface area (Å²) in [5, 5.41) is 3.71. The number of carbonyl (C=O) groups excluding carboxylic acids is 3. The highest BCUT2D eigenvalue weighted by atomic mass is 35.5. The van der Waals surface area contributed by atoms with Crippen LogP contribution in [0.15, 0.2) is 46.8 Å². The van der Waals surface area contributed by atoms with Gasteiger partial charge in [-0.1, -0.05) is 37.6 Å². The van der Waals surface area contributed by atoms with E-state index in [1.165, 1.54) is 7.11 Å². The van der Waals surface area contributed by atoms with Crippen molar-refractivity contribution in [2.75, 3.05) is 26.9 Å². The van der Waals surface area contributed by atoms with Crippen molar-refractivity contribution in [3.8, 4) is 0 Å². The molecule has 1 heterocycles. The Hall–Kier alpha value is -2.64. The van der Waals surface area contributed by atoms with Crippen LogP contribution in [-0.2, 0) is 28.6 Å². The van der Waals surface area contributed by atoms with Crippen LogP contribution in [0.1, 0.15) is 45.1 Å². The molecular weight excluding hydrogens is 446 g/mol. The number of rotatable bonds is 8. The first-order valence-electron chi connectivity index (χ1n) is 11.1. The summed E-state index contributed by atoms with van der Waals surface area (Å²) in [7, 11) is 1.27. The Bertz CT molecular complexity index is 998. The fourth-order valence-electron chi connectivity index (χ4n) is 4.49. The molecule has 3 rings (SSSR count). The first-order valence-corrected chi connectivity index (χ1v) is 11.5. The minimum absolute atomic E-state index is 0.0968. The number of methoxy groups -OCH3 is 1. The number of hydrogen-bond donors (Lipinski definition) is 1. The van der Waals surface area contributed by atoms with E-state index >= 15 is 0 Å². The van der Waals surface area contributed by atoms with Gasteiger partial charge in [0.1, 0.15) is 12.5 Å². The Labute approximate surface area is 199 Å². The number of nitrogens with one attached hydrogen (secondary N) is 1. The number of dihydropyridines is 1. The molecule has 178 valence electrons. The summed E-state index contributed by atoms with van der Waals surface area (Å²) in [6, 6.07) is 7.04. The molecular formula is C25H30ClNO6. The van der Waals surface area contributed by atoms with Crippen LogP contribution in [0.25, 0.3) is 0 Å². The molecule has 7 nitrogen and oxygen atoms in total. The molecule has 1 aromatic carbocycles. The zero-order valence-corrected chi connectivity index (χ0v) is 20.2. The highest BCUT2D eigenvalue weighted by Gasteiger charge is 2.47. The van der Waals surface area contributed by atoms with E-state index in [1.807, 2.05) is 19.9 Å². The molecule has 1 aromatic rings. The summed E-state index contributed by atoms with van der Waals surface area (Å²) >= 11 is 6.26. The predicted molar refractivity (Wildman–Crippen MR) is 123 cm³/mol. The van der Waals surface area contributed by atoms with Crippen LogP contribution in [-0.4, -0.2) is 44.7 Å². The average Bonchev–Trinajstić information content (AvgIpc) is 2.77. The average molecular weight is 476 g/mol. The second kappa shape index (κ2) is 11.0. The lowest BCUT2D eigenvalue weighted by Crippen LogP contribution is -2.43. The van der Waals surface area contributed by atoms with E-state index in [0.29, 0.717) is 46.2 Å². The Morgan fingerprint density at radius 1 is 1.21 bits per heavy atom. The van der Waals surface area contributed by atoms with Gasteiger partial charge in [-0.2, -0.15) is 0 Å². The van der Waals surface area contributed by atoms with Crippen molar-refractivity contribution >= 4 is 29.3 Å². The predicted octanol–water partition coefficient (Wildman–Crippen LogP) is 3.92. The number of carbonyl (C=O) groups is 3. The molecule has 2 aliphatic rings. The molecule has 8 heteroatoms. The van der Waals surface area contributed by atoms with Crippen LogP contribution < -0.4 is 5.32 Å². The normalized spacial score (nSPS) is 22.6. The highest BCUT2D eigenvalue weighted by Crippen LogP contribution is 2.45. The number of halogens is 1. The number of benzene rings is 1. The quantitative estimate of drug-likeness (QED) is 0.346.